The molecule has 2 N–H and O–H groups in total. The number of thiocarbonyl (C=S) groups is 1. The average molecular weight is 295 g/mol. The summed E-state index contributed by atoms with van der Waals surface area (Å²) in [7, 11) is 2.11. The number of aromatic nitrogens is 2. The monoisotopic (exact) mass is 295 g/mol. The van der Waals surface area contributed by atoms with Crippen LogP contribution in [0.2, 0.25) is 0 Å². The summed E-state index contributed by atoms with van der Waals surface area (Å²) >= 11 is 4.82. The van der Waals surface area contributed by atoms with Crippen molar-refractivity contribution < 1.29 is 0 Å². The molecule has 0 amide bonds. The third-order valence-electron chi connectivity index (χ3n) is 3.52. The first-order chi connectivity index (χ1) is 9.56. The topological polar surface area (TPSA) is 67.4 Å². The minimum atomic E-state index is -0.0654. The fourth-order valence-corrected chi connectivity index (χ4v) is 2.38. The third kappa shape index (κ3) is 4.01. The molecule has 20 heavy (non-hydrogen) atoms. The molecule has 1 aromatic rings. The molecule has 2 rings (SSSR count). The van der Waals surface area contributed by atoms with E-state index in [1.165, 1.54) is 4.68 Å². The van der Waals surface area contributed by atoms with E-state index < -0.39 is 0 Å². The van der Waals surface area contributed by atoms with Gasteiger partial charge in [-0.15, -0.1) is 0 Å². The molecule has 0 bridgehead atoms. The minimum Gasteiger partial charge on any atom is -0.393 e. The lowest BCUT2D eigenvalue weighted by Gasteiger charge is -2.33. The Bertz CT molecular complexity index is 522. The fourth-order valence-electron chi connectivity index (χ4n) is 2.23. The summed E-state index contributed by atoms with van der Waals surface area (Å²) in [4.78, 5) is 17.0. The minimum absolute atomic E-state index is 0.0654. The van der Waals surface area contributed by atoms with Crippen molar-refractivity contribution in [1.29, 1.82) is 0 Å². The second-order valence-electron chi connectivity index (χ2n) is 5.14. The lowest BCUT2D eigenvalue weighted by Crippen LogP contribution is -2.45. The highest BCUT2D eigenvalue weighted by Gasteiger charge is 2.15. The number of nitrogens with two attached hydrogens (primary N) is 1. The molecular formula is C13H21N5OS. The van der Waals surface area contributed by atoms with E-state index in [1.807, 2.05) is 0 Å². The van der Waals surface area contributed by atoms with E-state index in [1.54, 1.807) is 12.3 Å². The van der Waals surface area contributed by atoms with Crippen molar-refractivity contribution in [2.75, 3.05) is 38.1 Å². The van der Waals surface area contributed by atoms with E-state index in [0.717, 1.165) is 38.3 Å². The van der Waals surface area contributed by atoms with Crippen LogP contribution in [0.5, 0.6) is 0 Å². The standard InChI is InChI=1S/C13H21N5OS/c1-16-5-7-17(8-6-16)11-9-13(19)18(15-10-11)4-2-3-12(14)20/h9-10H,2-8H2,1H3,(H2,14,20). The van der Waals surface area contributed by atoms with Gasteiger partial charge in [-0.3, -0.25) is 4.79 Å². The molecule has 1 aromatic heterocycles. The average Bonchev–Trinajstić information content (AvgIpc) is 2.41. The number of hydrogen-bond acceptors (Lipinski definition) is 5. The number of piperazine rings is 1. The van der Waals surface area contributed by atoms with Gasteiger partial charge in [-0.05, 0) is 19.9 Å². The molecule has 0 saturated carbocycles. The van der Waals surface area contributed by atoms with Crippen molar-refractivity contribution in [3.8, 4) is 0 Å². The molecule has 0 unspecified atom stereocenters. The van der Waals surface area contributed by atoms with Crippen molar-refractivity contribution in [3.05, 3.63) is 22.6 Å². The zero-order chi connectivity index (χ0) is 14.5. The van der Waals surface area contributed by atoms with Gasteiger partial charge in [0.1, 0.15) is 0 Å². The van der Waals surface area contributed by atoms with Crippen LogP contribution in [-0.2, 0) is 6.54 Å². The van der Waals surface area contributed by atoms with Crippen LogP contribution in [0.1, 0.15) is 12.8 Å². The lowest BCUT2D eigenvalue weighted by atomic mass is 10.3. The van der Waals surface area contributed by atoms with Gasteiger partial charge in [-0.25, -0.2) is 4.68 Å². The molecule has 1 aliphatic rings. The van der Waals surface area contributed by atoms with E-state index in [0.29, 0.717) is 18.0 Å². The number of rotatable bonds is 5. The van der Waals surface area contributed by atoms with Crippen LogP contribution >= 0.6 is 12.2 Å². The second-order valence-corrected chi connectivity index (χ2v) is 5.66. The van der Waals surface area contributed by atoms with E-state index in [2.05, 4.69) is 21.9 Å². The SMILES string of the molecule is CN1CCN(c2cnn(CCCC(N)=S)c(=O)c2)CC1. The summed E-state index contributed by atoms with van der Waals surface area (Å²) < 4.78 is 1.47. The summed E-state index contributed by atoms with van der Waals surface area (Å²) in [5, 5.41) is 4.23. The van der Waals surface area contributed by atoms with Crippen LogP contribution in [0.3, 0.4) is 0 Å². The molecule has 0 aliphatic carbocycles. The van der Waals surface area contributed by atoms with Crippen molar-refractivity contribution >= 4 is 22.9 Å². The highest BCUT2D eigenvalue weighted by atomic mass is 32.1. The maximum Gasteiger partial charge on any atom is 0.268 e. The fraction of sp³-hybridized carbons (Fsp3) is 0.615. The van der Waals surface area contributed by atoms with Gasteiger partial charge in [0, 0.05) is 38.8 Å². The van der Waals surface area contributed by atoms with Crippen molar-refractivity contribution in [1.82, 2.24) is 14.7 Å². The highest BCUT2D eigenvalue weighted by molar-refractivity contribution is 7.80. The van der Waals surface area contributed by atoms with Gasteiger partial charge >= 0.3 is 0 Å². The zero-order valence-corrected chi connectivity index (χ0v) is 12.6. The molecule has 2 heterocycles. The Morgan fingerprint density at radius 2 is 2.10 bits per heavy atom. The maximum atomic E-state index is 12.0. The van der Waals surface area contributed by atoms with E-state index in [9.17, 15) is 4.79 Å². The van der Waals surface area contributed by atoms with Gasteiger partial charge in [-0.1, -0.05) is 12.2 Å². The molecule has 110 valence electrons. The van der Waals surface area contributed by atoms with Crippen LogP contribution < -0.4 is 16.2 Å². The first-order valence-electron chi connectivity index (χ1n) is 6.85. The lowest BCUT2D eigenvalue weighted by molar-refractivity contribution is 0.312. The predicted molar refractivity (Wildman–Crippen MR) is 84.2 cm³/mol. The number of hydrogen-bond donors (Lipinski definition) is 1. The second kappa shape index (κ2) is 6.81. The number of likely N-dealkylation sites (N-methyl/N-ethyl adjacent to an activating group) is 1. The molecule has 1 saturated heterocycles. The Morgan fingerprint density at radius 3 is 2.70 bits per heavy atom. The number of nitrogens with zero attached hydrogens (tertiary/aromatic N) is 4. The van der Waals surface area contributed by atoms with Crippen LogP contribution in [-0.4, -0.2) is 52.9 Å². The van der Waals surface area contributed by atoms with Gasteiger partial charge in [0.05, 0.1) is 16.9 Å². The van der Waals surface area contributed by atoms with Gasteiger partial charge in [-0.2, -0.15) is 5.10 Å². The molecule has 0 radical (unpaired) electrons. The molecule has 1 fully saturated rings. The van der Waals surface area contributed by atoms with E-state index >= 15 is 0 Å². The Hall–Kier alpha value is -1.47. The first kappa shape index (κ1) is 14.9. The Kier molecular flexibility index (Phi) is 5.08. The largest absolute Gasteiger partial charge is 0.393 e. The highest BCUT2D eigenvalue weighted by Crippen LogP contribution is 2.12. The van der Waals surface area contributed by atoms with Gasteiger partial charge in [0.2, 0.25) is 0 Å². The van der Waals surface area contributed by atoms with Crippen LogP contribution in [0, 0.1) is 0 Å². The number of aryl methyl sites for hydroxylation is 1. The predicted octanol–water partition coefficient (Wildman–Crippen LogP) is 0.0614. The molecule has 0 aromatic carbocycles. The molecular weight excluding hydrogens is 274 g/mol. The maximum absolute atomic E-state index is 12.0. The normalized spacial score (nSPS) is 16.4. The number of anilines is 1. The van der Waals surface area contributed by atoms with Crippen molar-refractivity contribution in [3.63, 3.8) is 0 Å². The molecule has 0 spiro atoms. The summed E-state index contributed by atoms with van der Waals surface area (Å²) in [6.45, 7) is 4.44. The Balaban J connectivity index is 1.98. The Labute approximate surface area is 124 Å². The van der Waals surface area contributed by atoms with Crippen molar-refractivity contribution in [2.24, 2.45) is 5.73 Å². The Morgan fingerprint density at radius 1 is 1.40 bits per heavy atom. The smallest absolute Gasteiger partial charge is 0.268 e. The van der Waals surface area contributed by atoms with Crippen LogP contribution in [0.4, 0.5) is 5.69 Å². The summed E-state index contributed by atoms with van der Waals surface area (Å²) in [6, 6.07) is 1.67. The van der Waals surface area contributed by atoms with Gasteiger partial charge in [0.25, 0.3) is 5.56 Å². The summed E-state index contributed by atoms with van der Waals surface area (Å²) in [5.41, 5.74) is 6.29. The van der Waals surface area contributed by atoms with E-state index in [-0.39, 0.29) is 5.56 Å². The molecule has 7 heteroatoms. The molecule has 6 nitrogen and oxygen atoms in total. The van der Waals surface area contributed by atoms with E-state index in [4.69, 9.17) is 18.0 Å². The quantitative estimate of drug-likeness (QED) is 0.775. The zero-order valence-electron chi connectivity index (χ0n) is 11.8. The van der Waals surface area contributed by atoms with Gasteiger partial charge < -0.3 is 15.5 Å². The van der Waals surface area contributed by atoms with Gasteiger partial charge in [0.15, 0.2) is 0 Å². The van der Waals surface area contributed by atoms with Crippen LogP contribution in [0.15, 0.2) is 17.1 Å². The van der Waals surface area contributed by atoms with Crippen LogP contribution in [0.25, 0.3) is 0 Å². The van der Waals surface area contributed by atoms with Crippen molar-refractivity contribution in [2.45, 2.75) is 19.4 Å². The molecule has 1 aliphatic heterocycles. The third-order valence-corrected chi connectivity index (χ3v) is 3.72. The summed E-state index contributed by atoms with van der Waals surface area (Å²) in [6.07, 6.45) is 3.16. The first-order valence-corrected chi connectivity index (χ1v) is 7.26. The summed E-state index contributed by atoms with van der Waals surface area (Å²) in [5.74, 6) is 0. The molecule has 0 atom stereocenters.